The van der Waals surface area contributed by atoms with Crippen molar-refractivity contribution in [1.29, 1.82) is 0 Å². The molecular weight excluding hydrogens is 310 g/mol. The van der Waals surface area contributed by atoms with E-state index in [1.165, 1.54) is 0 Å². The van der Waals surface area contributed by atoms with Gasteiger partial charge < -0.3 is 5.32 Å². The number of aromatic nitrogens is 3. The average molecular weight is 324 g/mol. The van der Waals surface area contributed by atoms with E-state index >= 15 is 0 Å². The maximum Gasteiger partial charge on any atom is 0.324 e. The van der Waals surface area contributed by atoms with Gasteiger partial charge in [0.05, 0.1) is 17.1 Å². The first-order valence-corrected chi connectivity index (χ1v) is 6.48. The number of hydrogen-bond donors (Lipinski definition) is 3. The highest BCUT2D eigenvalue weighted by molar-refractivity contribution is 9.10. The van der Waals surface area contributed by atoms with E-state index in [1.807, 2.05) is 20.8 Å². The van der Waals surface area contributed by atoms with Gasteiger partial charge in [0, 0.05) is 10.7 Å². The predicted octanol–water partition coefficient (Wildman–Crippen LogP) is 3.14. The summed E-state index contributed by atoms with van der Waals surface area (Å²) in [4.78, 5) is 16.0. The van der Waals surface area contributed by atoms with E-state index in [2.05, 4.69) is 41.7 Å². The lowest BCUT2D eigenvalue weighted by atomic mass is 10.3. The number of aromatic amines is 1. The van der Waals surface area contributed by atoms with E-state index in [-0.39, 0.29) is 6.03 Å². The van der Waals surface area contributed by atoms with E-state index in [0.717, 1.165) is 21.4 Å². The molecule has 2 heterocycles. The van der Waals surface area contributed by atoms with Gasteiger partial charge in [-0.1, -0.05) is 0 Å². The molecule has 2 aromatic heterocycles. The molecule has 0 unspecified atom stereocenters. The number of hydrogen-bond acceptors (Lipinski definition) is 3. The van der Waals surface area contributed by atoms with E-state index in [1.54, 1.807) is 12.3 Å². The molecular formula is C12H14BrN5O. The number of urea groups is 1. The van der Waals surface area contributed by atoms with Gasteiger partial charge in [-0.3, -0.25) is 10.4 Å². The normalized spacial score (nSPS) is 10.3. The first-order chi connectivity index (χ1) is 8.97. The third-order valence-electron chi connectivity index (χ3n) is 2.66. The van der Waals surface area contributed by atoms with Gasteiger partial charge in [-0.15, -0.1) is 0 Å². The number of amides is 2. The zero-order chi connectivity index (χ0) is 14.0. The Hall–Kier alpha value is -1.89. The van der Waals surface area contributed by atoms with Gasteiger partial charge in [-0.05, 0) is 48.3 Å². The quantitative estimate of drug-likeness (QED) is 0.793. The molecule has 0 atom stereocenters. The molecule has 2 amide bonds. The highest BCUT2D eigenvalue weighted by atomic mass is 79.9. The summed E-state index contributed by atoms with van der Waals surface area (Å²) in [6, 6.07) is 1.44. The molecule has 0 aliphatic carbocycles. The van der Waals surface area contributed by atoms with Crippen LogP contribution in [0.3, 0.4) is 0 Å². The minimum Gasteiger partial charge on any atom is -0.304 e. The molecule has 6 nitrogen and oxygen atoms in total. The van der Waals surface area contributed by atoms with E-state index in [9.17, 15) is 4.79 Å². The lowest BCUT2D eigenvalue weighted by molar-refractivity contribution is 0.262. The van der Waals surface area contributed by atoms with Crippen molar-refractivity contribution in [2.75, 3.05) is 10.6 Å². The van der Waals surface area contributed by atoms with Gasteiger partial charge in [-0.25, -0.2) is 9.78 Å². The van der Waals surface area contributed by atoms with Crippen LogP contribution in [0.15, 0.2) is 16.7 Å². The molecule has 0 aromatic carbocycles. The van der Waals surface area contributed by atoms with E-state index in [4.69, 9.17) is 0 Å². The second-order valence-electron chi connectivity index (χ2n) is 4.21. The van der Waals surface area contributed by atoms with Gasteiger partial charge >= 0.3 is 6.03 Å². The van der Waals surface area contributed by atoms with Crippen molar-refractivity contribution in [3.8, 4) is 0 Å². The minimum absolute atomic E-state index is 0.346. The van der Waals surface area contributed by atoms with Crippen LogP contribution in [-0.2, 0) is 0 Å². The Bertz CT molecular complexity index is 603. The van der Waals surface area contributed by atoms with Crippen LogP contribution in [0.1, 0.15) is 17.0 Å². The highest BCUT2D eigenvalue weighted by Gasteiger charge is 2.10. The fraction of sp³-hybridized carbons (Fsp3) is 0.250. The first-order valence-electron chi connectivity index (χ1n) is 5.69. The molecule has 100 valence electrons. The van der Waals surface area contributed by atoms with Crippen molar-refractivity contribution in [3.05, 3.63) is 33.7 Å². The fourth-order valence-electron chi connectivity index (χ4n) is 1.60. The molecule has 19 heavy (non-hydrogen) atoms. The Morgan fingerprint density at radius 2 is 2.05 bits per heavy atom. The SMILES string of the molecule is Cc1cc(NC(=O)Nc2c(C)n[nH]c2C)ncc1Br. The summed E-state index contributed by atoms with van der Waals surface area (Å²) in [6.07, 6.45) is 1.65. The molecule has 0 fully saturated rings. The molecule has 3 N–H and O–H groups in total. The molecule has 0 bridgehead atoms. The number of H-pyrrole nitrogens is 1. The molecule has 7 heteroatoms. The van der Waals surface area contributed by atoms with Crippen LogP contribution in [0.25, 0.3) is 0 Å². The number of nitrogens with one attached hydrogen (secondary N) is 3. The number of carbonyl (C=O) groups is 1. The lowest BCUT2D eigenvalue weighted by Gasteiger charge is -2.08. The van der Waals surface area contributed by atoms with Crippen molar-refractivity contribution in [2.24, 2.45) is 0 Å². The molecule has 2 rings (SSSR count). The Balaban J connectivity index is 2.07. The number of rotatable bonds is 2. The van der Waals surface area contributed by atoms with Crippen LogP contribution >= 0.6 is 15.9 Å². The standard InChI is InChI=1S/C12H14BrN5O/c1-6-4-10(14-5-9(6)13)15-12(19)16-11-7(2)17-18-8(11)3/h4-5H,1-3H3,(H,17,18)(H2,14,15,16,19). The summed E-state index contributed by atoms with van der Waals surface area (Å²) < 4.78 is 0.903. The number of pyridine rings is 1. The maximum atomic E-state index is 11.9. The van der Waals surface area contributed by atoms with Crippen molar-refractivity contribution in [3.63, 3.8) is 0 Å². The summed E-state index contributed by atoms with van der Waals surface area (Å²) in [5, 5.41) is 12.2. The summed E-state index contributed by atoms with van der Waals surface area (Å²) in [5.74, 6) is 0.497. The van der Waals surface area contributed by atoms with Gasteiger partial charge in [-0.2, -0.15) is 5.10 Å². The first kappa shape index (κ1) is 13.5. The summed E-state index contributed by atoms with van der Waals surface area (Å²) in [5.41, 5.74) is 3.24. The van der Waals surface area contributed by atoms with Crippen LogP contribution < -0.4 is 10.6 Å². The minimum atomic E-state index is -0.346. The van der Waals surface area contributed by atoms with Crippen LogP contribution in [0.2, 0.25) is 0 Å². The fourth-order valence-corrected chi connectivity index (χ4v) is 1.82. The molecule has 0 saturated carbocycles. The zero-order valence-electron chi connectivity index (χ0n) is 10.8. The topological polar surface area (TPSA) is 82.7 Å². The Morgan fingerprint density at radius 1 is 1.32 bits per heavy atom. The van der Waals surface area contributed by atoms with Crippen molar-refractivity contribution >= 4 is 33.5 Å². The van der Waals surface area contributed by atoms with Gasteiger partial charge in [0.1, 0.15) is 5.82 Å². The number of anilines is 2. The zero-order valence-corrected chi connectivity index (χ0v) is 12.4. The monoisotopic (exact) mass is 323 g/mol. The van der Waals surface area contributed by atoms with Crippen LogP contribution in [-0.4, -0.2) is 21.2 Å². The lowest BCUT2D eigenvalue weighted by Crippen LogP contribution is -2.20. The highest BCUT2D eigenvalue weighted by Crippen LogP contribution is 2.18. The summed E-state index contributed by atoms with van der Waals surface area (Å²) >= 11 is 3.36. The Morgan fingerprint density at radius 3 is 2.63 bits per heavy atom. The molecule has 0 aliphatic rings. The van der Waals surface area contributed by atoms with Crippen LogP contribution in [0.5, 0.6) is 0 Å². The van der Waals surface area contributed by atoms with Gasteiger partial charge in [0.2, 0.25) is 0 Å². The van der Waals surface area contributed by atoms with E-state index in [0.29, 0.717) is 11.5 Å². The molecule has 0 spiro atoms. The van der Waals surface area contributed by atoms with Gasteiger partial charge in [0.15, 0.2) is 0 Å². The average Bonchev–Trinajstić information content (AvgIpc) is 2.66. The number of carbonyl (C=O) groups excluding carboxylic acids is 1. The largest absolute Gasteiger partial charge is 0.324 e. The summed E-state index contributed by atoms with van der Waals surface area (Å²) in [6.45, 7) is 5.60. The smallest absolute Gasteiger partial charge is 0.304 e. The van der Waals surface area contributed by atoms with Gasteiger partial charge in [0.25, 0.3) is 0 Å². The van der Waals surface area contributed by atoms with Crippen LogP contribution in [0.4, 0.5) is 16.3 Å². The third-order valence-corrected chi connectivity index (χ3v) is 3.49. The van der Waals surface area contributed by atoms with Crippen molar-refractivity contribution < 1.29 is 4.79 Å². The molecule has 2 aromatic rings. The molecule has 0 radical (unpaired) electrons. The summed E-state index contributed by atoms with van der Waals surface area (Å²) in [7, 11) is 0. The number of nitrogens with zero attached hydrogens (tertiary/aromatic N) is 2. The Labute approximate surface area is 119 Å². The van der Waals surface area contributed by atoms with E-state index < -0.39 is 0 Å². The maximum absolute atomic E-state index is 11.9. The Kier molecular flexibility index (Phi) is 3.84. The van der Waals surface area contributed by atoms with Crippen molar-refractivity contribution in [1.82, 2.24) is 15.2 Å². The molecule has 0 saturated heterocycles. The van der Waals surface area contributed by atoms with Crippen molar-refractivity contribution in [2.45, 2.75) is 20.8 Å². The number of halogens is 1. The van der Waals surface area contributed by atoms with Crippen LogP contribution in [0, 0.1) is 20.8 Å². The molecule has 0 aliphatic heterocycles. The second-order valence-corrected chi connectivity index (χ2v) is 5.06. The predicted molar refractivity (Wildman–Crippen MR) is 77.4 cm³/mol. The number of aryl methyl sites for hydroxylation is 3. The second kappa shape index (κ2) is 5.40. The third kappa shape index (κ3) is 3.11.